The van der Waals surface area contributed by atoms with Crippen LogP contribution in [-0.4, -0.2) is 14.3 Å². The molecule has 0 radical (unpaired) electrons. The van der Waals surface area contributed by atoms with E-state index in [1.54, 1.807) is 35.7 Å². The Morgan fingerprint density at radius 2 is 1.65 bits per heavy atom. The zero-order chi connectivity index (χ0) is 18.6. The molecular formula is C19H18N2O3S2. The maximum absolute atomic E-state index is 12.7. The zero-order valence-electron chi connectivity index (χ0n) is 14.0. The molecule has 1 heterocycles. The summed E-state index contributed by atoms with van der Waals surface area (Å²) in [5.41, 5.74) is 1.49. The Hall–Kier alpha value is -2.64. The third-order valence-corrected chi connectivity index (χ3v) is 6.59. The van der Waals surface area contributed by atoms with E-state index >= 15 is 0 Å². The molecule has 134 valence electrons. The van der Waals surface area contributed by atoms with Gasteiger partial charge in [-0.1, -0.05) is 48.5 Å². The van der Waals surface area contributed by atoms with Gasteiger partial charge in [0.1, 0.15) is 4.21 Å². The van der Waals surface area contributed by atoms with Crippen molar-refractivity contribution in [3.8, 4) is 0 Å². The number of amides is 1. The van der Waals surface area contributed by atoms with Gasteiger partial charge in [-0.15, -0.1) is 11.3 Å². The van der Waals surface area contributed by atoms with Crippen molar-refractivity contribution in [2.24, 2.45) is 0 Å². The first-order valence-electron chi connectivity index (χ1n) is 7.98. The number of hydrogen-bond acceptors (Lipinski definition) is 4. The number of carbonyl (C=O) groups excluding carboxylic acids is 1. The Morgan fingerprint density at radius 1 is 0.962 bits per heavy atom. The van der Waals surface area contributed by atoms with Crippen molar-refractivity contribution in [1.82, 2.24) is 5.32 Å². The van der Waals surface area contributed by atoms with Gasteiger partial charge < -0.3 is 5.32 Å². The molecule has 1 aromatic heterocycles. The lowest BCUT2D eigenvalue weighted by molar-refractivity contribution is 0.0941. The predicted octanol–water partition coefficient (Wildman–Crippen LogP) is 4.04. The lowest BCUT2D eigenvalue weighted by Crippen LogP contribution is -2.27. The van der Waals surface area contributed by atoms with E-state index in [-0.39, 0.29) is 27.4 Å². The first-order valence-corrected chi connectivity index (χ1v) is 10.3. The molecule has 1 amide bonds. The molecule has 0 saturated heterocycles. The number of hydrogen-bond donors (Lipinski definition) is 2. The molecule has 3 aromatic rings. The van der Waals surface area contributed by atoms with Gasteiger partial charge in [-0.2, -0.15) is 0 Å². The number of thiophene rings is 1. The molecule has 0 aliphatic heterocycles. The van der Waals surface area contributed by atoms with E-state index in [0.29, 0.717) is 0 Å². The number of nitrogens with one attached hydrogen (secondary N) is 2. The van der Waals surface area contributed by atoms with Crippen molar-refractivity contribution >= 4 is 33.0 Å². The van der Waals surface area contributed by atoms with Crippen LogP contribution in [0, 0.1) is 0 Å². The van der Waals surface area contributed by atoms with E-state index in [1.807, 2.05) is 37.3 Å². The van der Waals surface area contributed by atoms with Gasteiger partial charge in [-0.25, -0.2) is 8.42 Å². The quantitative estimate of drug-likeness (QED) is 0.671. The Balaban J connectivity index is 1.82. The Kier molecular flexibility index (Phi) is 5.39. The van der Waals surface area contributed by atoms with Crippen molar-refractivity contribution in [3.63, 3.8) is 0 Å². The number of benzene rings is 2. The van der Waals surface area contributed by atoms with Crippen LogP contribution in [0.1, 0.15) is 28.9 Å². The Labute approximate surface area is 156 Å². The van der Waals surface area contributed by atoms with E-state index < -0.39 is 10.0 Å². The van der Waals surface area contributed by atoms with Gasteiger partial charge in [-0.05, 0) is 36.1 Å². The highest BCUT2D eigenvalue weighted by molar-refractivity contribution is 7.94. The van der Waals surface area contributed by atoms with Gasteiger partial charge in [0.05, 0.1) is 17.3 Å². The first-order chi connectivity index (χ1) is 12.5. The highest BCUT2D eigenvalue weighted by Gasteiger charge is 2.20. The molecule has 0 fully saturated rings. The Morgan fingerprint density at radius 3 is 2.35 bits per heavy atom. The second kappa shape index (κ2) is 7.72. The molecule has 1 atom stereocenters. The van der Waals surface area contributed by atoms with E-state index in [9.17, 15) is 13.2 Å². The fourth-order valence-electron chi connectivity index (χ4n) is 2.48. The molecule has 0 aliphatic rings. The molecule has 26 heavy (non-hydrogen) atoms. The summed E-state index contributed by atoms with van der Waals surface area (Å²) in [6.07, 6.45) is 0. The lowest BCUT2D eigenvalue weighted by Gasteiger charge is -2.16. The minimum Gasteiger partial charge on any atom is -0.345 e. The summed E-state index contributed by atoms with van der Waals surface area (Å²) in [4.78, 5) is 12.7. The van der Waals surface area contributed by atoms with Crippen LogP contribution in [0.4, 0.5) is 5.69 Å². The highest BCUT2D eigenvalue weighted by Crippen LogP contribution is 2.23. The van der Waals surface area contributed by atoms with Crippen molar-refractivity contribution in [2.45, 2.75) is 17.2 Å². The molecule has 0 bridgehead atoms. The lowest BCUT2D eigenvalue weighted by atomic mass is 10.1. The van der Waals surface area contributed by atoms with E-state index in [1.165, 1.54) is 6.07 Å². The molecule has 5 nitrogen and oxygen atoms in total. The predicted molar refractivity (Wildman–Crippen MR) is 104 cm³/mol. The number of carbonyl (C=O) groups is 1. The summed E-state index contributed by atoms with van der Waals surface area (Å²) >= 11 is 1.12. The fraction of sp³-hybridized carbons (Fsp3) is 0.105. The summed E-state index contributed by atoms with van der Waals surface area (Å²) in [6.45, 7) is 1.88. The van der Waals surface area contributed by atoms with E-state index in [4.69, 9.17) is 0 Å². The van der Waals surface area contributed by atoms with Crippen molar-refractivity contribution in [3.05, 3.63) is 83.2 Å². The molecule has 7 heteroatoms. The highest BCUT2D eigenvalue weighted by atomic mass is 32.2. The number of anilines is 1. The largest absolute Gasteiger partial charge is 0.345 e. The van der Waals surface area contributed by atoms with Crippen LogP contribution in [0.25, 0.3) is 0 Å². The SMILES string of the molecule is C[C@@H](NC(=O)c1ccccc1NS(=O)(=O)c1cccs1)c1ccccc1. The molecule has 0 spiro atoms. The van der Waals surface area contributed by atoms with Crippen LogP contribution in [-0.2, 0) is 10.0 Å². The second-order valence-corrected chi connectivity index (χ2v) is 8.55. The summed E-state index contributed by atoms with van der Waals surface area (Å²) in [5.74, 6) is -0.342. The second-order valence-electron chi connectivity index (χ2n) is 5.69. The summed E-state index contributed by atoms with van der Waals surface area (Å²) in [6, 6.07) is 19.1. The van der Waals surface area contributed by atoms with Crippen LogP contribution < -0.4 is 10.0 Å². The van der Waals surface area contributed by atoms with Crippen molar-refractivity contribution in [2.75, 3.05) is 4.72 Å². The van der Waals surface area contributed by atoms with Gasteiger partial charge in [0.15, 0.2) is 0 Å². The van der Waals surface area contributed by atoms with Crippen LogP contribution in [0.15, 0.2) is 76.3 Å². The molecule has 3 rings (SSSR count). The summed E-state index contributed by atoms with van der Waals surface area (Å²) < 4.78 is 27.6. The minimum absolute atomic E-state index is 0.199. The normalized spacial score (nSPS) is 12.3. The number of sulfonamides is 1. The van der Waals surface area contributed by atoms with Crippen LogP contribution >= 0.6 is 11.3 Å². The minimum atomic E-state index is -3.72. The average molecular weight is 386 g/mol. The molecule has 2 aromatic carbocycles. The standard InChI is InChI=1S/C19H18N2O3S2/c1-14(15-8-3-2-4-9-15)20-19(22)16-10-5-6-11-17(16)21-26(23,24)18-12-7-13-25-18/h2-14,21H,1H3,(H,20,22)/t14-/m1/s1. The van der Waals surface area contributed by atoms with Gasteiger partial charge in [0, 0.05) is 0 Å². The smallest absolute Gasteiger partial charge is 0.271 e. The first kappa shape index (κ1) is 18.2. The summed E-state index contributed by atoms with van der Waals surface area (Å²) in [5, 5.41) is 4.59. The monoisotopic (exact) mass is 386 g/mol. The van der Waals surface area contributed by atoms with E-state index in [2.05, 4.69) is 10.0 Å². The molecule has 0 aliphatic carbocycles. The average Bonchev–Trinajstić information content (AvgIpc) is 3.18. The van der Waals surface area contributed by atoms with Crippen LogP contribution in [0.5, 0.6) is 0 Å². The Bertz CT molecular complexity index is 985. The maximum Gasteiger partial charge on any atom is 0.271 e. The maximum atomic E-state index is 12.7. The van der Waals surface area contributed by atoms with Gasteiger partial charge >= 0.3 is 0 Å². The third-order valence-electron chi connectivity index (χ3n) is 3.82. The van der Waals surface area contributed by atoms with Crippen LogP contribution in [0.3, 0.4) is 0 Å². The van der Waals surface area contributed by atoms with Crippen molar-refractivity contribution < 1.29 is 13.2 Å². The van der Waals surface area contributed by atoms with E-state index in [0.717, 1.165) is 16.9 Å². The zero-order valence-corrected chi connectivity index (χ0v) is 15.7. The third kappa shape index (κ3) is 4.12. The molecule has 2 N–H and O–H groups in total. The van der Waals surface area contributed by atoms with Gasteiger partial charge in [0.2, 0.25) is 0 Å². The fourth-order valence-corrected chi connectivity index (χ4v) is 4.55. The van der Waals surface area contributed by atoms with Gasteiger partial charge in [-0.3, -0.25) is 9.52 Å². The topological polar surface area (TPSA) is 75.3 Å². The molecule has 0 unspecified atom stereocenters. The number of para-hydroxylation sites is 1. The summed E-state index contributed by atoms with van der Waals surface area (Å²) in [7, 11) is -3.72. The molecular weight excluding hydrogens is 368 g/mol. The number of rotatable bonds is 6. The molecule has 0 saturated carbocycles. The van der Waals surface area contributed by atoms with Crippen molar-refractivity contribution in [1.29, 1.82) is 0 Å². The van der Waals surface area contributed by atoms with Crippen LogP contribution in [0.2, 0.25) is 0 Å². The van der Waals surface area contributed by atoms with Gasteiger partial charge in [0.25, 0.3) is 15.9 Å².